The average Bonchev–Trinajstić information content (AvgIpc) is 3.94. The third kappa shape index (κ3) is 34.9. The first-order chi connectivity index (χ1) is 27.8. The maximum atomic E-state index is 12.6. The van der Waals surface area contributed by atoms with Gasteiger partial charge in [0.2, 0.25) is 0 Å². The summed E-state index contributed by atoms with van der Waals surface area (Å²) in [6, 6.07) is 0. The molecule has 0 saturated carbocycles. The van der Waals surface area contributed by atoms with E-state index in [2.05, 4.69) is 71.5 Å². The molecule has 0 spiro atoms. The van der Waals surface area contributed by atoms with Gasteiger partial charge >= 0.3 is 27.6 Å². The van der Waals surface area contributed by atoms with Gasteiger partial charge in [0.15, 0.2) is 6.10 Å². The van der Waals surface area contributed by atoms with E-state index in [1.54, 1.807) is 0 Å². The van der Waals surface area contributed by atoms with Crippen molar-refractivity contribution in [2.75, 3.05) is 26.4 Å². The first-order valence-corrected chi connectivity index (χ1v) is 24.5. The Kier molecular flexibility index (Phi) is 32.4. The van der Waals surface area contributed by atoms with Crippen LogP contribution in [0.5, 0.6) is 0 Å². The second-order valence-corrected chi connectivity index (χ2v) is 17.3. The Morgan fingerprint density at radius 3 is 1.81 bits per heavy atom. The number of epoxide rings is 1. The third-order valence-electron chi connectivity index (χ3n) is 9.12. The Labute approximate surface area is 347 Å². The quantitative estimate of drug-likeness (QED) is 0.0149. The van der Waals surface area contributed by atoms with Gasteiger partial charge in [0, 0.05) is 12.8 Å². The number of aliphatic hydroxyl groups excluding tert-OH is 1. The van der Waals surface area contributed by atoms with Crippen LogP contribution < -0.4 is 0 Å². The van der Waals surface area contributed by atoms with Crippen LogP contribution in [-0.4, -0.2) is 82.6 Å². The predicted octanol–water partition coefficient (Wildman–Crippen LogP) is 9.66. The predicted molar refractivity (Wildman–Crippen MR) is 225 cm³/mol. The van der Waals surface area contributed by atoms with Gasteiger partial charge in [0.25, 0.3) is 0 Å². The number of phosphoric ester groups is 2. The van der Waals surface area contributed by atoms with E-state index in [9.17, 15) is 28.7 Å². The monoisotopic (exact) mass is 864 g/mol. The maximum absolute atomic E-state index is 12.6. The van der Waals surface area contributed by atoms with E-state index in [4.69, 9.17) is 28.5 Å². The SMILES string of the molecule is CC/C=C\C/C=C\C/C=C\CCCCCCCC(=O)O[C@H](COC(=O)CCCCCCC/C=C\CC1OC1CCCCC)COP(=O)(O)OC[C@@H](O)COP(=O)(O)O. The number of carbonyl (C=O) groups is 2. The summed E-state index contributed by atoms with van der Waals surface area (Å²) < 4.78 is 53.5. The van der Waals surface area contributed by atoms with Crippen molar-refractivity contribution in [2.45, 2.75) is 180 Å². The van der Waals surface area contributed by atoms with Gasteiger partial charge in [-0.1, -0.05) is 120 Å². The molecule has 58 heavy (non-hydrogen) atoms. The highest BCUT2D eigenvalue weighted by Gasteiger charge is 2.36. The molecule has 16 heteroatoms. The van der Waals surface area contributed by atoms with E-state index < -0.39 is 66.2 Å². The number of hydrogen-bond acceptors (Lipinski definition) is 11. The molecule has 0 aliphatic carbocycles. The van der Waals surface area contributed by atoms with E-state index >= 15 is 0 Å². The summed E-state index contributed by atoms with van der Waals surface area (Å²) in [5, 5.41) is 9.74. The number of allylic oxidation sites excluding steroid dienone is 7. The van der Waals surface area contributed by atoms with Crippen LogP contribution in [0, 0.1) is 0 Å². The normalized spacial score (nSPS) is 18.0. The molecule has 5 atom stereocenters. The van der Waals surface area contributed by atoms with Crippen molar-refractivity contribution in [3.05, 3.63) is 48.6 Å². The summed E-state index contributed by atoms with van der Waals surface area (Å²) in [7, 11) is -9.69. The van der Waals surface area contributed by atoms with Crippen molar-refractivity contribution >= 4 is 27.6 Å². The summed E-state index contributed by atoms with van der Waals surface area (Å²) in [5.41, 5.74) is 0. The van der Waals surface area contributed by atoms with Gasteiger partial charge in [-0.15, -0.1) is 0 Å². The Balaban J connectivity index is 2.37. The molecule has 0 radical (unpaired) electrons. The highest BCUT2D eigenvalue weighted by Crippen LogP contribution is 2.44. The molecule has 336 valence electrons. The molecule has 3 unspecified atom stereocenters. The van der Waals surface area contributed by atoms with Crippen LogP contribution in [0.25, 0.3) is 0 Å². The Hall–Kier alpha value is -1.96. The average molecular weight is 865 g/mol. The van der Waals surface area contributed by atoms with E-state index in [0.717, 1.165) is 89.9 Å². The lowest BCUT2D eigenvalue weighted by molar-refractivity contribution is -0.161. The van der Waals surface area contributed by atoms with Gasteiger partial charge < -0.3 is 34.0 Å². The van der Waals surface area contributed by atoms with Gasteiger partial charge in [-0.25, -0.2) is 9.13 Å². The van der Waals surface area contributed by atoms with Crippen LogP contribution in [0.3, 0.4) is 0 Å². The fourth-order valence-electron chi connectivity index (χ4n) is 5.78. The smallest absolute Gasteiger partial charge is 0.462 e. The number of esters is 2. The molecule has 0 aromatic carbocycles. The number of ether oxygens (including phenoxy) is 3. The molecule has 0 amide bonds. The Bertz CT molecular complexity index is 1280. The summed E-state index contributed by atoms with van der Waals surface area (Å²) >= 11 is 0. The minimum atomic E-state index is -4.87. The summed E-state index contributed by atoms with van der Waals surface area (Å²) in [6.45, 7) is 1.57. The molecule has 1 aliphatic heterocycles. The number of hydrogen-bond donors (Lipinski definition) is 4. The fourth-order valence-corrected chi connectivity index (χ4v) is 6.94. The van der Waals surface area contributed by atoms with E-state index in [1.165, 1.54) is 25.7 Å². The first-order valence-electron chi connectivity index (χ1n) is 21.5. The van der Waals surface area contributed by atoms with Crippen molar-refractivity contribution in [1.82, 2.24) is 0 Å². The van der Waals surface area contributed by atoms with Gasteiger partial charge in [-0.05, 0) is 70.6 Å². The summed E-state index contributed by atoms with van der Waals surface area (Å²) in [6.07, 6.45) is 35.6. The highest BCUT2D eigenvalue weighted by atomic mass is 31.2. The fraction of sp³-hybridized carbons (Fsp3) is 0.762. The second-order valence-electron chi connectivity index (χ2n) is 14.6. The molecule has 0 bridgehead atoms. The largest absolute Gasteiger partial charge is 0.472 e. The van der Waals surface area contributed by atoms with Crippen LogP contribution in [0.4, 0.5) is 0 Å². The van der Waals surface area contributed by atoms with E-state index in [0.29, 0.717) is 25.0 Å². The van der Waals surface area contributed by atoms with Gasteiger partial charge in [0.05, 0.1) is 32.0 Å². The van der Waals surface area contributed by atoms with Crippen LogP contribution in [0.1, 0.15) is 155 Å². The van der Waals surface area contributed by atoms with Crippen LogP contribution in [-0.2, 0) is 46.5 Å². The number of aliphatic hydroxyl groups is 1. The van der Waals surface area contributed by atoms with Gasteiger partial charge in [-0.2, -0.15) is 0 Å². The van der Waals surface area contributed by atoms with Crippen molar-refractivity contribution in [3.8, 4) is 0 Å². The molecule has 1 rings (SSSR count). The Morgan fingerprint density at radius 1 is 0.621 bits per heavy atom. The highest BCUT2D eigenvalue weighted by molar-refractivity contribution is 7.47. The lowest BCUT2D eigenvalue weighted by Crippen LogP contribution is -2.30. The zero-order valence-corrected chi connectivity index (χ0v) is 36.9. The van der Waals surface area contributed by atoms with Crippen LogP contribution >= 0.6 is 15.6 Å². The lowest BCUT2D eigenvalue weighted by Gasteiger charge is -2.20. The van der Waals surface area contributed by atoms with Gasteiger partial charge in [0.1, 0.15) is 12.7 Å². The van der Waals surface area contributed by atoms with E-state index in [1.807, 2.05) is 0 Å². The molecule has 4 N–H and O–H groups in total. The molecule has 14 nitrogen and oxygen atoms in total. The molecule has 0 aromatic heterocycles. The number of phosphoric acid groups is 2. The maximum Gasteiger partial charge on any atom is 0.472 e. The first kappa shape index (κ1) is 54.1. The summed E-state index contributed by atoms with van der Waals surface area (Å²) in [5.74, 6) is -1.08. The molecule has 1 saturated heterocycles. The molecule has 0 aromatic rings. The van der Waals surface area contributed by atoms with E-state index in [-0.39, 0.29) is 12.8 Å². The zero-order chi connectivity index (χ0) is 42.7. The molecule has 1 fully saturated rings. The standard InChI is InChI=1S/C42H74O14P2/c1-3-5-7-8-9-10-11-12-13-14-15-16-21-24-28-32-42(45)55-38(36-54-58(49,50)53-34-37(43)33-52-57(46,47)48)35-51-41(44)31-27-23-20-18-17-19-22-26-30-40-39(56-40)29-25-6-4-2/h5,7,9-10,12-13,22,26,37-40,43H,3-4,6,8,11,14-21,23-25,27-36H2,1-2H3,(H,49,50)(H2,46,47,48)/b7-5-,10-9-,13-12-,26-22-/t37-,38+,39?,40?/m0/s1. The Morgan fingerprint density at radius 2 is 1.17 bits per heavy atom. The molecular weight excluding hydrogens is 790 g/mol. The lowest BCUT2D eigenvalue weighted by atomic mass is 10.1. The number of rotatable bonds is 39. The van der Waals surface area contributed by atoms with Crippen molar-refractivity contribution in [1.29, 1.82) is 0 Å². The minimum absolute atomic E-state index is 0.105. The molecule has 1 aliphatic rings. The molecular formula is C42H74O14P2. The van der Waals surface area contributed by atoms with Crippen LogP contribution in [0.15, 0.2) is 48.6 Å². The van der Waals surface area contributed by atoms with Gasteiger partial charge in [-0.3, -0.25) is 23.2 Å². The third-order valence-corrected chi connectivity index (χ3v) is 10.6. The van der Waals surface area contributed by atoms with Crippen molar-refractivity contribution in [3.63, 3.8) is 0 Å². The van der Waals surface area contributed by atoms with Crippen molar-refractivity contribution < 1.29 is 66.3 Å². The number of unbranched alkanes of at least 4 members (excludes halogenated alkanes) is 12. The number of carbonyl (C=O) groups excluding carboxylic acids is 2. The topological polar surface area (TPSA) is 208 Å². The summed E-state index contributed by atoms with van der Waals surface area (Å²) in [4.78, 5) is 52.7. The molecule has 1 heterocycles. The van der Waals surface area contributed by atoms with Crippen LogP contribution in [0.2, 0.25) is 0 Å². The second kappa shape index (κ2) is 34.7. The van der Waals surface area contributed by atoms with Crippen molar-refractivity contribution in [2.24, 2.45) is 0 Å². The zero-order valence-electron chi connectivity index (χ0n) is 35.1. The minimum Gasteiger partial charge on any atom is -0.462 e.